The molecule has 4 heteroatoms. The lowest BCUT2D eigenvalue weighted by Crippen LogP contribution is -1.95. The Balaban J connectivity index is 1.17. The van der Waals surface area contributed by atoms with Gasteiger partial charge in [0, 0.05) is 38.2 Å². The fourth-order valence-corrected chi connectivity index (χ4v) is 7.23. The van der Waals surface area contributed by atoms with Crippen LogP contribution in [-0.2, 0) is 0 Å². The van der Waals surface area contributed by atoms with E-state index in [0.717, 1.165) is 66.7 Å². The van der Waals surface area contributed by atoms with Crippen LogP contribution in [-0.4, -0.2) is 14.5 Å². The number of rotatable bonds is 5. The maximum absolute atomic E-state index is 6.85. The lowest BCUT2D eigenvalue weighted by molar-refractivity contribution is 0.666. The second-order valence-electron chi connectivity index (χ2n) is 12.6. The monoisotopic (exact) mass is 639 g/mol. The Bertz CT molecular complexity index is 2800. The lowest BCUT2D eigenvalue weighted by atomic mass is 10.0. The van der Waals surface area contributed by atoms with Crippen molar-refractivity contribution < 1.29 is 4.42 Å². The Morgan fingerprint density at radius 3 is 1.76 bits per heavy atom. The molecule has 7 aromatic carbocycles. The van der Waals surface area contributed by atoms with E-state index in [9.17, 15) is 0 Å². The van der Waals surface area contributed by atoms with Gasteiger partial charge in [-0.1, -0.05) is 140 Å². The first-order valence-electron chi connectivity index (χ1n) is 16.8. The first-order valence-corrected chi connectivity index (χ1v) is 16.8. The minimum Gasteiger partial charge on any atom is -0.454 e. The van der Waals surface area contributed by atoms with Crippen molar-refractivity contribution in [3.8, 4) is 50.7 Å². The SMILES string of the molecule is c1ccc(-c2ccc3c4ccccc4n(-c4cccc5c4oc4cc(-c6cc(-c7ccccc7)nc(-c7ccccc7)n6)ccc45)c3c2)cc1. The van der Waals surface area contributed by atoms with E-state index in [-0.39, 0.29) is 0 Å². The van der Waals surface area contributed by atoms with Crippen LogP contribution in [0, 0.1) is 0 Å². The van der Waals surface area contributed by atoms with E-state index in [0.29, 0.717) is 5.82 Å². The fraction of sp³-hybridized carbons (Fsp3) is 0. The van der Waals surface area contributed by atoms with Crippen LogP contribution >= 0.6 is 0 Å². The quantitative estimate of drug-likeness (QED) is 0.188. The van der Waals surface area contributed by atoms with Crippen LogP contribution in [0.5, 0.6) is 0 Å². The predicted molar refractivity (Wildman–Crippen MR) is 205 cm³/mol. The number of fused-ring (bicyclic) bond motifs is 6. The summed E-state index contributed by atoms with van der Waals surface area (Å²) in [7, 11) is 0. The maximum Gasteiger partial charge on any atom is 0.160 e. The Kier molecular flexibility index (Phi) is 6.46. The van der Waals surface area contributed by atoms with Crippen LogP contribution in [0.15, 0.2) is 180 Å². The average Bonchev–Trinajstić information content (AvgIpc) is 3.74. The number of para-hydroxylation sites is 2. The standard InChI is InChI=1S/C46H29N3O/c1-4-13-30(14-5-1)33-23-25-36-35-19-10-11-21-41(35)49(43(36)27-33)42-22-12-20-38-37-26-24-34(28-44(37)50-45(38)42)40-29-39(31-15-6-2-7-16-31)47-46(48-40)32-17-8-3-9-18-32/h1-29H. The van der Waals surface area contributed by atoms with Gasteiger partial charge in [0.05, 0.1) is 28.1 Å². The van der Waals surface area contributed by atoms with Crippen molar-refractivity contribution in [1.29, 1.82) is 0 Å². The van der Waals surface area contributed by atoms with Crippen LogP contribution in [0.25, 0.3) is 94.5 Å². The Morgan fingerprint density at radius 2 is 0.980 bits per heavy atom. The minimum absolute atomic E-state index is 0.690. The van der Waals surface area contributed by atoms with Crippen molar-refractivity contribution in [1.82, 2.24) is 14.5 Å². The molecular formula is C46H29N3O. The number of nitrogens with zero attached hydrogens (tertiary/aromatic N) is 3. The highest BCUT2D eigenvalue weighted by Gasteiger charge is 2.19. The summed E-state index contributed by atoms with van der Waals surface area (Å²) in [6.45, 7) is 0. The molecule has 50 heavy (non-hydrogen) atoms. The Hall–Kier alpha value is -6.78. The van der Waals surface area contributed by atoms with E-state index in [1.165, 1.54) is 21.9 Å². The fourth-order valence-electron chi connectivity index (χ4n) is 7.23. The molecule has 234 valence electrons. The van der Waals surface area contributed by atoms with Gasteiger partial charge in [-0.15, -0.1) is 0 Å². The third kappa shape index (κ3) is 4.61. The number of benzene rings is 7. The highest BCUT2D eigenvalue weighted by atomic mass is 16.3. The third-order valence-electron chi connectivity index (χ3n) is 9.62. The summed E-state index contributed by atoms with van der Waals surface area (Å²) < 4.78 is 9.20. The molecule has 10 rings (SSSR count). The number of furan rings is 1. The zero-order chi connectivity index (χ0) is 33.0. The van der Waals surface area contributed by atoms with Gasteiger partial charge in [0.25, 0.3) is 0 Å². The van der Waals surface area contributed by atoms with E-state index in [1.54, 1.807) is 0 Å². The number of hydrogen-bond acceptors (Lipinski definition) is 3. The molecule has 0 atom stereocenters. The molecule has 0 aliphatic rings. The van der Waals surface area contributed by atoms with Gasteiger partial charge < -0.3 is 8.98 Å². The van der Waals surface area contributed by atoms with Crippen molar-refractivity contribution >= 4 is 43.7 Å². The van der Waals surface area contributed by atoms with Crippen molar-refractivity contribution in [3.63, 3.8) is 0 Å². The molecule has 0 fully saturated rings. The van der Waals surface area contributed by atoms with Gasteiger partial charge in [0.2, 0.25) is 0 Å². The molecule has 0 N–H and O–H groups in total. The molecule has 0 radical (unpaired) electrons. The van der Waals surface area contributed by atoms with Gasteiger partial charge in [0.1, 0.15) is 5.58 Å². The third-order valence-corrected chi connectivity index (χ3v) is 9.62. The van der Waals surface area contributed by atoms with Crippen molar-refractivity contribution in [2.24, 2.45) is 0 Å². The summed E-state index contributed by atoms with van der Waals surface area (Å²) in [5.74, 6) is 0.690. The maximum atomic E-state index is 6.85. The molecule has 4 nitrogen and oxygen atoms in total. The van der Waals surface area contributed by atoms with E-state index in [4.69, 9.17) is 14.4 Å². The normalized spacial score (nSPS) is 11.6. The smallest absolute Gasteiger partial charge is 0.160 e. The van der Waals surface area contributed by atoms with Gasteiger partial charge in [-0.3, -0.25) is 0 Å². The topological polar surface area (TPSA) is 43.9 Å². The molecule has 0 amide bonds. The molecule has 3 aromatic heterocycles. The molecule has 10 aromatic rings. The summed E-state index contributed by atoms with van der Waals surface area (Å²) in [5, 5.41) is 4.57. The number of hydrogen-bond donors (Lipinski definition) is 0. The van der Waals surface area contributed by atoms with Gasteiger partial charge in [-0.05, 0) is 47.5 Å². The molecule has 0 spiro atoms. The molecule has 0 aliphatic carbocycles. The van der Waals surface area contributed by atoms with Crippen molar-refractivity contribution in [2.45, 2.75) is 0 Å². The van der Waals surface area contributed by atoms with Crippen LogP contribution in [0.3, 0.4) is 0 Å². The van der Waals surface area contributed by atoms with Crippen LogP contribution in [0.2, 0.25) is 0 Å². The van der Waals surface area contributed by atoms with Crippen LogP contribution < -0.4 is 0 Å². The van der Waals surface area contributed by atoms with Crippen molar-refractivity contribution in [3.05, 3.63) is 176 Å². The van der Waals surface area contributed by atoms with Crippen LogP contribution in [0.1, 0.15) is 0 Å². The van der Waals surface area contributed by atoms with Crippen LogP contribution in [0.4, 0.5) is 0 Å². The minimum atomic E-state index is 0.690. The summed E-state index contributed by atoms with van der Waals surface area (Å²) >= 11 is 0. The van der Waals surface area contributed by atoms with Gasteiger partial charge in [0.15, 0.2) is 11.4 Å². The summed E-state index contributed by atoms with van der Waals surface area (Å²) in [6, 6.07) is 61.3. The zero-order valence-corrected chi connectivity index (χ0v) is 27.0. The lowest BCUT2D eigenvalue weighted by Gasteiger charge is -2.09. The second-order valence-corrected chi connectivity index (χ2v) is 12.6. The van der Waals surface area contributed by atoms with Gasteiger partial charge in [-0.2, -0.15) is 0 Å². The molecular weight excluding hydrogens is 611 g/mol. The molecule has 0 aliphatic heterocycles. The summed E-state index contributed by atoms with van der Waals surface area (Å²) in [5.41, 5.74) is 12.0. The van der Waals surface area contributed by atoms with E-state index >= 15 is 0 Å². The van der Waals surface area contributed by atoms with E-state index in [1.807, 2.05) is 36.4 Å². The summed E-state index contributed by atoms with van der Waals surface area (Å²) in [4.78, 5) is 10.0. The number of aromatic nitrogens is 3. The van der Waals surface area contributed by atoms with Gasteiger partial charge in [-0.25, -0.2) is 9.97 Å². The Morgan fingerprint density at radius 1 is 0.380 bits per heavy atom. The first-order chi connectivity index (χ1) is 24.8. The molecule has 0 unspecified atom stereocenters. The predicted octanol–water partition coefficient (Wildman–Crippen LogP) is 12.1. The molecule has 3 heterocycles. The van der Waals surface area contributed by atoms with Crippen molar-refractivity contribution in [2.75, 3.05) is 0 Å². The highest BCUT2D eigenvalue weighted by Crippen LogP contribution is 2.40. The molecule has 0 bridgehead atoms. The summed E-state index contributed by atoms with van der Waals surface area (Å²) in [6.07, 6.45) is 0. The zero-order valence-electron chi connectivity index (χ0n) is 27.0. The van der Waals surface area contributed by atoms with E-state index < -0.39 is 0 Å². The first kappa shape index (κ1) is 28.3. The Labute approximate surface area is 288 Å². The highest BCUT2D eigenvalue weighted by molar-refractivity contribution is 6.13. The van der Waals surface area contributed by atoms with Gasteiger partial charge >= 0.3 is 0 Å². The second kappa shape index (κ2) is 11.4. The average molecular weight is 640 g/mol. The molecule has 0 saturated carbocycles. The van der Waals surface area contributed by atoms with E-state index in [2.05, 4.69) is 144 Å². The largest absolute Gasteiger partial charge is 0.454 e. The molecule has 0 saturated heterocycles.